The number of aryl methyl sites for hydroxylation is 1. The summed E-state index contributed by atoms with van der Waals surface area (Å²) in [4.78, 5) is 16.9. The standard InChI is InChI=1S/C19H14FN3O/c1-12-6-2-3-7-13(12)15-11-21-23-18(24)10-17(22-19(15)23)14-8-4-5-9-16(14)20/h2-11,21H,1H3. The number of H-pyrrole nitrogens is 1. The molecule has 4 rings (SSSR count). The highest BCUT2D eigenvalue weighted by molar-refractivity contribution is 5.80. The Balaban J connectivity index is 2.01. The molecule has 4 aromatic rings. The lowest BCUT2D eigenvalue weighted by Gasteiger charge is -2.05. The first kappa shape index (κ1) is 14.4. The second-order valence-corrected chi connectivity index (χ2v) is 5.62. The van der Waals surface area contributed by atoms with Crippen LogP contribution < -0.4 is 5.56 Å². The van der Waals surface area contributed by atoms with E-state index in [4.69, 9.17) is 0 Å². The van der Waals surface area contributed by atoms with Crippen LogP contribution in [0.1, 0.15) is 5.56 Å². The minimum Gasteiger partial charge on any atom is -0.296 e. The van der Waals surface area contributed by atoms with E-state index in [9.17, 15) is 9.18 Å². The van der Waals surface area contributed by atoms with Gasteiger partial charge >= 0.3 is 0 Å². The lowest BCUT2D eigenvalue weighted by atomic mass is 10.0. The zero-order chi connectivity index (χ0) is 16.7. The molecule has 4 nitrogen and oxygen atoms in total. The molecule has 2 aromatic carbocycles. The molecule has 0 aliphatic rings. The van der Waals surface area contributed by atoms with Crippen molar-refractivity contribution in [2.75, 3.05) is 0 Å². The molecular weight excluding hydrogens is 305 g/mol. The van der Waals surface area contributed by atoms with Crippen molar-refractivity contribution in [2.45, 2.75) is 6.92 Å². The Bertz CT molecular complexity index is 1110. The van der Waals surface area contributed by atoms with Crippen molar-refractivity contribution in [1.29, 1.82) is 0 Å². The molecule has 0 aliphatic heterocycles. The van der Waals surface area contributed by atoms with E-state index in [2.05, 4.69) is 10.1 Å². The molecule has 0 atom stereocenters. The first-order valence-corrected chi connectivity index (χ1v) is 7.57. The maximum Gasteiger partial charge on any atom is 0.273 e. The van der Waals surface area contributed by atoms with Crippen LogP contribution in [-0.4, -0.2) is 14.6 Å². The molecule has 24 heavy (non-hydrogen) atoms. The minimum absolute atomic E-state index is 0.280. The van der Waals surface area contributed by atoms with E-state index in [0.717, 1.165) is 16.7 Å². The molecule has 2 heterocycles. The topological polar surface area (TPSA) is 50.2 Å². The Labute approximate surface area is 137 Å². The Morgan fingerprint density at radius 3 is 2.46 bits per heavy atom. The maximum absolute atomic E-state index is 14.1. The number of nitrogens with zero attached hydrogens (tertiary/aromatic N) is 2. The zero-order valence-corrected chi connectivity index (χ0v) is 13.0. The number of fused-ring (bicyclic) bond motifs is 1. The molecule has 1 N–H and O–H groups in total. The number of hydrogen-bond acceptors (Lipinski definition) is 2. The van der Waals surface area contributed by atoms with Crippen molar-refractivity contribution in [2.24, 2.45) is 0 Å². The molecule has 0 fully saturated rings. The van der Waals surface area contributed by atoms with E-state index < -0.39 is 5.82 Å². The van der Waals surface area contributed by atoms with Gasteiger partial charge in [0.25, 0.3) is 5.56 Å². The number of halogens is 1. The number of aromatic nitrogens is 3. The van der Waals surface area contributed by atoms with Gasteiger partial charge in [0.05, 0.1) is 5.69 Å². The SMILES string of the molecule is Cc1ccccc1-c1c[nH]n2c(=O)cc(-c3ccccc3F)nc12. The third kappa shape index (κ3) is 2.22. The van der Waals surface area contributed by atoms with Crippen LogP contribution in [0.2, 0.25) is 0 Å². The molecule has 0 bridgehead atoms. The van der Waals surface area contributed by atoms with Crippen LogP contribution in [0.5, 0.6) is 0 Å². The third-order valence-corrected chi connectivity index (χ3v) is 4.08. The maximum atomic E-state index is 14.1. The fraction of sp³-hybridized carbons (Fsp3) is 0.0526. The Morgan fingerprint density at radius 1 is 1.00 bits per heavy atom. The van der Waals surface area contributed by atoms with Gasteiger partial charge in [-0.05, 0) is 30.2 Å². The summed E-state index contributed by atoms with van der Waals surface area (Å²) in [7, 11) is 0. The van der Waals surface area contributed by atoms with Gasteiger partial charge < -0.3 is 0 Å². The molecule has 0 aliphatic carbocycles. The summed E-state index contributed by atoms with van der Waals surface area (Å²) in [6.45, 7) is 2.00. The largest absolute Gasteiger partial charge is 0.296 e. The van der Waals surface area contributed by atoms with Crippen LogP contribution in [0.4, 0.5) is 4.39 Å². The van der Waals surface area contributed by atoms with E-state index >= 15 is 0 Å². The van der Waals surface area contributed by atoms with Gasteiger partial charge in [0.15, 0.2) is 5.65 Å². The predicted molar refractivity (Wildman–Crippen MR) is 91.4 cm³/mol. The van der Waals surface area contributed by atoms with Crippen molar-refractivity contribution in [3.05, 3.63) is 82.5 Å². The first-order chi connectivity index (χ1) is 11.6. The fourth-order valence-electron chi connectivity index (χ4n) is 2.86. The van der Waals surface area contributed by atoms with Crippen LogP contribution in [0, 0.1) is 12.7 Å². The van der Waals surface area contributed by atoms with Gasteiger partial charge in [-0.25, -0.2) is 13.9 Å². The molecular formula is C19H14FN3O. The van der Waals surface area contributed by atoms with Crippen molar-refractivity contribution < 1.29 is 4.39 Å². The third-order valence-electron chi connectivity index (χ3n) is 4.08. The number of rotatable bonds is 2. The average Bonchev–Trinajstić information content (AvgIpc) is 3.00. The normalized spacial score (nSPS) is 11.1. The second-order valence-electron chi connectivity index (χ2n) is 5.62. The molecule has 0 saturated heterocycles. The quantitative estimate of drug-likeness (QED) is 0.611. The van der Waals surface area contributed by atoms with E-state index in [1.165, 1.54) is 16.6 Å². The number of benzene rings is 2. The van der Waals surface area contributed by atoms with Crippen molar-refractivity contribution in [1.82, 2.24) is 14.6 Å². The molecule has 0 spiro atoms. The van der Waals surface area contributed by atoms with Crippen LogP contribution in [0.25, 0.3) is 28.0 Å². The van der Waals surface area contributed by atoms with Crippen LogP contribution >= 0.6 is 0 Å². The average molecular weight is 319 g/mol. The number of hydrogen-bond donors (Lipinski definition) is 1. The molecule has 0 amide bonds. The predicted octanol–water partition coefficient (Wildman–Crippen LogP) is 3.80. The lowest BCUT2D eigenvalue weighted by Crippen LogP contribution is -2.14. The Morgan fingerprint density at radius 2 is 1.71 bits per heavy atom. The monoisotopic (exact) mass is 319 g/mol. The summed E-state index contributed by atoms with van der Waals surface area (Å²) in [5.74, 6) is -0.401. The van der Waals surface area contributed by atoms with Gasteiger partial charge in [0.2, 0.25) is 0 Å². The Hall–Kier alpha value is -3.21. The second kappa shape index (κ2) is 5.45. The van der Waals surface area contributed by atoms with Gasteiger partial charge in [-0.1, -0.05) is 36.4 Å². The van der Waals surface area contributed by atoms with Crippen LogP contribution in [0.3, 0.4) is 0 Å². The minimum atomic E-state index is -0.401. The summed E-state index contributed by atoms with van der Waals surface area (Å²) < 4.78 is 15.4. The van der Waals surface area contributed by atoms with Gasteiger partial charge in [0, 0.05) is 23.4 Å². The zero-order valence-electron chi connectivity index (χ0n) is 13.0. The van der Waals surface area contributed by atoms with E-state index in [1.807, 2.05) is 31.2 Å². The molecule has 118 valence electrons. The highest BCUT2D eigenvalue weighted by Crippen LogP contribution is 2.27. The van der Waals surface area contributed by atoms with Crippen LogP contribution in [0.15, 0.2) is 65.6 Å². The van der Waals surface area contributed by atoms with Crippen molar-refractivity contribution in [3.63, 3.8) is 0 Å². The smallest absolute Gasteiger partial charge is 0.273 e. The summed E-state index contributed by atoms with van der Waals surface area (Å²) in [5, 5.41) is 2.92. The first-order valence-electron chi connectivity index (χ1n) is 7.57. The summed E-state index contributed by atoms with van der Waals surface area (Å²) in [6.07, 6.45) is 1.75. The molecule has 0 radical (unpaired) electrons. The van der Waals surface area contributed by atoms with Gasteiger partial charge in [-0.3, -0.25) is 9.89 Å². The number of aromatic amines is 1. The number of nitrogens with one attached hydrogen (secondary N) is 1. The Kier molecular flexibility index (Phi) is 3.27. The summed E-state index contributed by atoms with van der Waals surface area (Å²) in [6, 6.07) is 15.5. The van der Waals surface area contributed by atoms with E-state index in [1.54, 1.807) is 24.4 Å². The fourth-order valence-corrected chi connectivity index (χ4v) is 2.86. The van der Waals surface area contributed by atoms with E-state index in [0.29, 0.717) is 16.9 Å². The van der Waals surface area contributed by atoms with Gasteiger partial charge in [-0.2, -0.15) is 0 Å². The highest BCUT2D eigenvalue weighted by Gasteiger charge is 2.14. The summed E-state index contributed by atoms with van der Waals surface area (Å²) >= 11 is 0. The van der Waals surface area contributed by atoms with Gasteiger partial charge in [0.1, 0.15) is 5.82 Å². The van der Waals surface area contributed by atoms with Gasteiger partial charge in [-0.15, -0.1) is 0 Å². The van der Waals surface area contributed by atoms with Crippen LogP contribution in [-0.2, 0) is 0 Å². The molecule has 5 heteroatoms. The molecule has 0 saturated carbocycles. The molecule has 0 unspecified atom stereocenters. The van der Waals surface area contributed by atoms with Crippen molar-refractivity contribution >= 4 is 5.65 Å². The van der Waals surface area contributed by atoms with E-state index in [-0.39, 0.29) is 5.56 Å². The summed E-state index contributed by atoms with van der Waals surface area (Å²) in [5.41, 5.74) is 3.71. The van der Waals surface area contributed by atoms with Crippen molar-refractivity contribution in [3.8, 4) is 22.4 Å². The lowest BCUT2D eigenvalue weighted by molar-refractivity contribution is 0.630. The highest BCUT2D eigenvalue weighted by atomic mass is 19.1. The molecule has 2 aromatic heterocycles.